The van der Waals surface area contributed by atoms with Gasteiger partial charge < -0.3 is 15.2 Å². The quantitative estimate of drug-likeness (QED) is 0.396. The van der Waals surface area contributed by atoms with E-state index < -0.39 is 0 Å². The molecule has 0 aliphatic heterocycles. The van der Waals surface area contributed by atoms with Crippen molar-refractivity contribution < 1.29 is 9.59 Å². The molecule has 0 bridgehead atoms. The van der Waals surface area contributed by atoms with E-state index in [0.717, 1.165) is 31.2 Å². The third-order valence-corrected chi connectivity index (χ3v) is 8.58. The number of hydrogen-bond donors (Lipinski definition) is 2. The first kappa shape index (κ1) is 25.5. The van der Waals surface area contributed by atoms with E-state index in [1.165, 1.54) is 34.0 Å². The van der Waals surface area contributed by atoms with Gasteiger partial charge in [-0.15, -0.1) is 21.5 Å². The zero-order chi connectivity index (χ0) is 24.9. The topological polar surface area (TPSA) is 113 Å². The average molecular weight is 550 g/mol. The Morgan fingerprint density at radius 3 is 2.80 bits per heavy atom. The average Bonchev–Trinajstić information content (AvgIpc) is 3.38. The van der Waals surface area contributed by atoms with Crippen LogP contribution in [-0.4, -0.2) is 38.9 Å². The third-order valence-electron chi connectivity index (χ3n) is 5.61. The van der Waals surface area contributed by atoms with Gasteiger partial charge in [0.25, 0.3) is 5.91 Å². The predicted octanol–water partition coefficient (Wildman–Crippen LogP) is 4.64. The van der Waals surface area contributed by atoms with Gasteiger partial charge in [-0.1, -0.05) is 35.0 Å². The number of thioether (sulfide) groups is 1. The number of carbonyl (C=O) groups excluding carboxylic acids is 2. The number of benzene rings is 1. The third kappa shape index (κ3) is 5.98. The number of rotatable bonds is 8. The molecule has 35 heavy (non-hydrogen) atoms. The van der Waals surface area contributed by atoms with Crippen molar-refractivity contribution in [2.45, 2.75) is 37.3 Å². The molecule has 0 saturated carbocycles. The Morgan fingerprint density at radius 2 is 2.03 bits per heavy atom. The summed E-state index contributed by atoms with van der Waals surface area (Å²) < 4.78 is 1.80. The number of aromatic nitrogens is 3. The number of nitriles is 1. The van der Waals surface area contributed by atoms with Gasteiger partial charge in [-0.3, -0.25) is 9.59 Å². The monoisotopic (exact) mass is 548 g/mol. The maximum absolute atomic E-state index is 12.6. The van der Waals surface area contributed by atoms with Crippen molar-refractivity contribution in [1.82, 2.24) is 20.1 Å². The summed E-state index contributed by atoms with van der Waals surface area (Å²) in [6, 6.07) is 6.96. The number of nitrogens with zero attached hydrogens (tertiary/aromatic N) is 4. The fourth-order valence-corrected chi connectivity index (χ4v) is 6.06. The Labute approximate surface area is 221 Å². The molecule has 0 radical (unpaired) electrons. The molecule has 2 heterocycles. The predicted molar refractivity (Wildman–Crippen MR) is 139 cm³/mol. The largest absolute Gasteiger partial charge is 0.352 e. The summed E-state index contributed by atoms with van der Waals surface area (Å²) in [5.74, 6) is 0.376. The van der Waals surface area contributed by atoms with Crippen molar-refractivity contribution in [3.63, 3.8) is 0 Å². The van der Waals surface area contributed by atoms with E-state index in [4.69, 9.17) is 23.2 Å². The summed E-state index contributed by atoms with van der Waals surface area (Å²) in [7, 11) is 1.82. The molecular formula is C23H22Cl2N6O2S2. The normalized spacial score (nSPS) is 12.6. The zero-order valence-corrected chi connectivity index (χ0v) is 22.0. The number of amides is 2. The molecule has 3 aromatic rings. The van der Waals surface area contributed by atoms with Gasteiger partial charge in [-0.05, 0) is 49.4 Å². The molecule has 0 fully saturated rings. The first-order chi connectivity index (χ1) is 16.9. The SMILES string of the molecule is Cn1c(CCNC(=O)c2ccc(Cl)c(Cl)c2)nnc1SCC(=O)Nc1sc2c(c1C#N)CCCC2. The molecule has 8 nitrogen and oxygen atoms in total. The van der Waals surface area contributed by atoms with Crippen molar-refractivity contribution >= 4 is 63.1 Å². The van der Waals surface area contributed by atoms with Crippen LogP contribution in [0.5, 0.6) is 0 Å². The molecule has 0 spiro atoms. The number of fused-ring (bicyclic) bond motifs is 1. The lowest BCUT2D eigenvalue weighted by Gasteiger charge is -2.09. The first-order valence-electron chi connectivity index (χ1n) is 11.0. The standard InChI is InChI=1S/C23H22Cl2N6O2S2/c1-31-19(8-9-27-21(33)13-6-7-16(24)17(25)10-13)29-30-23(31)34-12-20(32)28-22-15(11-26)14-4-2-3-5-18(14)35-22/h6-7,10H,2-5,8-9,12H2,1H3,(H,27,33)(H,28,32). The molecule has 0 saturated heterocycles. The second kappa shape index (κ2) is 11.4. The summed E-state index contributed by atoms with van der Waals surface area (Å²) >= 11 is 14.6. The Kier molecular flexibility index (Phi) is 8.34. The second-order valence-electron chi connectivity index (χ2n) is 7.96. The van der Waals surface area contributed by atoms with Crippen molar-refractivity contribution in [3.05, 3.63) is 55.6 Å². The molecule has 12 heteroatoms. The van der Waals surface area contributed by atoms with Crippen molar-refractivity contribution in [1.29, 1.82) is 5.26 Å². The lowest BCUT2D eigenvalue weighted by atomic mass is 9.96. The van der Waals surface area contributed by atoms with E-state index in [1.54, 1.807) is 16.7 Å². The van der Waals surface area contributed by atoms with Crippen LogP contribution in [0.3, 0.4) is 0 Å². The Balaban J connectivity index is 1.28. The van der Waals surface area contributed by atoms with E-state index in [-0.39, 0.29) is 17.6 Å². The molecule has 1 aliphatic carbocycles. The van der Waals surface area contributed by atoms with Gasteiger partial charge in [-0.25, -0.2) is 0 Å². The van der Waals surface area contributed by atoms with E-state index in [1.807, 2.05) is 7.05 Å². The number of aryl methyl sites for hydroxylation is 1. The molecule has 182 valence electrons. The fourth-order valence-electron chi connectivity index (χ4n) is 3.78. The van der Waals surface area contributed by atoms with Crippen LogP contribution >= 0.6 is 46.3 Å². The lowest BCUT2D eigenvalue weighted by Crippen LogP contribution is -2.26. The lowest BCUT2D eigenvalue weighted by molar-refractivity contribution is -0.113. The molecule has 4 rings (SSSR count). The van der Waals surface area contributed by atoms with E-state index >= 15 is 0 Å². The minimum Gasteiger partial charge on any atom is -0.352 e. The van der Waals surface area contributed by atoms with E-state index in [2.05, 4.69) is 26.9 Å². The van der Waals surface area contributed by atoms with Crippen LogP contribution in [0.1, 0.15) is 45.0 Å². The Bertz CT molecular complexity index is 1310. The number of thiophene rings is 1. The van der Waals surface area contributed by atoms with Crippen LogP contribution in [0.4, 0.5) is 5.00 Å². The molecule has 0 unspecified atom stereocenters. The van der Waals surface area contributed by atoms with Crippen LogP contribution in [0.25, 0.3) is 0 Å². The van der Waals surface area contributed by atoms with Gasteiger partial charge in [0.2, 0.25) is 5.91 Å². The number of carbonyl (C=O) groups is 2. The highest BCUT2D eigenvalue weighted by Gasteiger charge is 2.22. The van der Waals surface area contributed by atoms with Crippen molar-refractivity contribution in [3.8, 4) is 6.07 Å². The smallest absolute Gasteiger partial charge is 0.251 e. The maximum Gasteiger partial charge on any atom is 0.251 e. The molecule has 1 aliphatic rings. The Morgan fingerprint density at radius 1 is 1.23 bits per heavy atom. The summed E-state index contributed by atoms with van der Waals surface area (Å²) in [5.41, 5.74) is 2.12. The maximum atomic E-state index is 12.6. The summed E-state index contributed by atoms with van der Waals surface area (Å²) in [4.78, 5) is 26.1. The van der Waals surface area contributed by atoms with Gasteiger partial charge >= 0.3 is 0 Å². The van der Waals surface area contributed by atoms with Crippen LogP contribution in [0.15, 0.2) is 23.4 Å². The van der Waals surface area contributed by atoms with Crippen LogP contribution in [0, 0.1) is 11.3 Å². The minimum absolute atomic E-state index is 0.146. The van der Waals surface area contributed by atoms with Gasteiger partial charge in [0.1, 0.15) is 16.9 Å². The first-order valence-corrected chi connectivity index (χ1v) is 13.5. The minimum atomic E-state index is -0.260. The molecule has 1 aromatic carbocycles. The molecule has 2 N–H and O–H groups in total. The molecule has 2 amide bonds. The molecular weight excluding hydrogens is 527 g/mol. The highest BCUT2D eigenvalue weighted by Crippen LogP contribution is 2.37. The second-order valence-corrected chi connectivity index (χ2v) is 10.8. The van der Waals surface area contributed by atoms with Gasteiger partial charge in [0.15, 0.2) is 5.16 Å². The fraction of sp³-hybridized carbons (Fsp3) is 0.348. The highest BCUT2D eigenvalue weighted by atomic mass is 35.5. The van der Waals surface area contributed by atoms with Crippen molar-refractivity contribution in [2.24, 2.45) is 7.05 Å². The summed E-state index contributed by atoms with van der Waals surface area (Å²) in [6.45, 7) is 0.357. The summed E-state index contributed by atoms with van der Waals surface area (Å²) in [5, 5.41) is 25.6. The van der Waals surface area contributed by atoms with E-state index in [9.17, 15) is 14.9 Å². The van der Waals surface area contributed by atoms with Crippen molar-refractivity contribution in [2.75, 3.05) is 17.6 Å². The zero-order valence-electron chi connectivity index (χ0n) is 18.9. The molecule has 2 aromatic heterocycles. The highest BCUT2D eigenvalue weighted by molar-refractivity contribution is 7.99. The van der Waals surface area contributed by atoms with Gasteiger partial charge in [0.05, 0.1) is 21.4 Å². The van der Waals surface area contributed by atoms with E-state index in [0.29, 0.717) is 50.1 Å². The van der Waals surface area contributed by atoms with Gasteiger partial charge in [0, 0.05) is 30.5 Å². The van der Waals surface area contributed by atoms with Crippen LogP contribution < -0.4 is 10.6 Å². The number of nitrogens with one attached hydrogen (secondary N) is 2. The van der Waals surface area contributed by atoms with Crippen LogP contribution in [0.2, 0.25) is 10.0 Å². The Hall–Kier alpha value is -2.58. The summed E-state index contributed by atoms with van der Waals surface area (Å²) in [6.07, 6.45) is 4.53. The number of halogens is 2. The van der Waals surface area contributed by atoms with Gasteiger partial charge in [-0.2, -0.15) is 5.26 Å². The molecule has 0 atom stereocenters. The van der Waals surface area contributed by atoms with Crippen LogP contribution in [-0.2, 0) is 31.1 Å². The number of anilines is 1. The number of hydrogen-bond acceptors (Lipinski definition) is 7.